The lowest BCUT2D eigenvalue weighted by atomic mass is 9.78. The monoisotopic (exact) mass is 247 g/mol. The van der Waals surface area contributed by atoms with E-state index >= 15 is 0 Å². The van der Waals surface area contributed by atoms with Gasteiger partial charge in [0.2, 0.25) is 0 Å². The van der Waals surface area contributed by atoms with Gasteiger partial charge in [0.1, 0.15) is 0 Å². The molecular formula is C15H25N3. The van der Waals surface area contributed by atoms with Crippen LogP contribution in [0.4, 0.5) is 0 Å². The van der Waals surface area contributed by atoms with E-state index in [0.717, 1.165) is 24.8 Å². The molecule has 1 heterocycles. The summed E-state index contributed by atoms with van der Waals surface area (Å²) < 4.78 is 2.08. The molecule has 100 valence electrons. The van der Waals surface area contributed by atoms with Gasteiger partial charge in [-0.25, -0.2) is 0 Å². The number of nitrogens with zero attached hydrogens (tertiary/aromatic N) is 2. The summed E-state index contributed by atoms with van der Waals surface area (Å²) in [5.74, 6) is 2.07. The second kappa shape index (κ2) is 4.37. The Kier molecular flexibility index (Phi) is 2.97. The first kappa shape index (κ1) is 12.2. The van der Waals surface area contributed by atoms with E-state index in [2.05, 4.69) is 43.2 Å². The maximum atomic E-state index is 4.73. The summed E-state index contributed by atoms with van der Waals surface area (Å²) in [6.07, 6.45) is 7.59. The molecule has 3 rings (SSSR count). The molecule has 18 heavy (non-hydrogen) atoms. The highest BCUT2D eigenvalue weighted by molar-refractivity contribution is 5.11. The molecule has 0 aliphatic heterocycles. The quantitative estimate of drug-likeness (QED) is 0.867. The van der Waals surface area contributed by atoms with Gasteiger partial charge in [-0.2, -0.15) is 5.10 Å². The number of aromatic nitrogens is 2. The molecule has 1 aromatic heterocycles. The van der Waals surface area contributed by atoms with Gasteiger partial charge in [0.25, 0.3) is 0 Å². The van der Waals surface area contributed by atoms with Crippen molar-refractivity contribution in [3.05, 3.63) is 18.0 Å². The van der Waals surface area contributed by atoms with Crippen molar-refractivity contribution in [1.29, 1.82) is 0 Å². The summed E-state index contributed by atoms with van der Waals surface area (Å²) in [4.78, 5) is 0. The number of nitrogens with one attached hydrogen (secondary N) is 1. The maximum absolute atomic E-state index is 4.73. The third-order valence-corrected chi connectivity index (χ3v) is 4.76. The van der Waals surface area contributed by atoms with E-state index in [1.165, 1.54) is 25.0 Å². The van der Waals surface area contributed by atoms with E-state index in [-0.39, 0.29) is 0 Å². The van der Waals surface area contributed by atoms with Crippen LogP contribution in [-0.2, 0) is 6.42 Å². The number of fused-ring (bicyclic) bond motifs is 1. The molecule has 2 atom stereocenters. The smallest absolute Gasteiger partial charge is 0.0630 e. The van der Waals surface area contributed by atoms with Crippen LogP contribution in [0.3, 0.4) is 0 Å². The van der Waals surface area contributed by atoms with Gasteiger partial charge < -0.3 is 5.32 Å². The number of hydrogen-bond donors (Lipinski definition) is 1. The van der Waals surface area contributed by atoms with Gasteiger partial charge >= 0.3 is 0 Å². The summed E-state index contributed by atoms with van der Waals surface area (Å²) in [5.41, 5.74) is 1.76. The van der Waals surface area contributed by atoms with Gasteiger partial charge in [-0.15, -0.1) is 0 Å². The van der Waals surface area contributed by atoms with Crippen LogP contribution in [0, 0.1) is 17.3 Å². The van der Waals surface area contributed by atoms with Gasteiger partial charge in [0.15, 0.2) is 0 Å². The van der Waals surface area contributed by atoms with Gasteiger partial charge in [-0.3, -0.25) is 4.68 Å². The van der Waals surface area contributed by atoms with E-state index in [1.54, 1.807) is 0 Å². The Labute approximate surface area is 110 Å². The van der Waals surface area contributed by atoms with Gasteiger partial charge in [-0.05, 0) is 69.9 Å². The molecule has 0 saturated heterocycles. The van der Waals surface area contributed by atoms with Crippen LogP contribution >= 0.6 is 0 Å². The molecule has 0 bridgehead atoms. The zero-order valence-corrected chi connectivity index (χ0v) is 11.8. The minimum absolute atomic E-state index is 0.469. The lowest BCUT2D eigenvalue weighted by molar-refractivity contribution is 0.251. The second-order valence-corrected chi connectivity index (χ2v) is 6.75. The highest BCUT2D eigenvalue weighted by Crippen LogP contribution is 2.60. The van der Waals surface area contributed by atoms with Crippen LogP contribution in [0.1, 0.15) is 44.8 Å². The van der Waals surface area contributed by atoms with Crippen molar-refractivity contribution < 1.29 is 0 Å². The van der Waals surface area contributed by atoms with Crippen LogP contribution in [0.5, 0.6) is 0 Å². The lowest BCUT2D eigenvalue weighted by Crippen LogP contribution is -2.33. The lowest BCUT2D eigenvalue weighted by Gasteiger charge is -2.30. The minimum atomic E-state index is 0.469. The van der Waals surface area contributed by atoms with Crippen molar-refractivity contribution in [2.24, 2.45) is 17.3 Å². The molecule has 2 aliphatic rings. The standard InChI is InChI=1S/C15H25N3/c1-11(2)18-5-4-14(17-18)9-15(10-16-3)7-12-6-13(12)8-15/h4-5,11-13,16H,6-10H2,1-3H3. The summed E-state index contributed by atoms with van der Waals surface area (Å²) >= 11 is 0. The van der Waals surface area contributed by atoms with Gasteiger partial charge in [-0.1, -0.05) is 0 Å². The first-order valence-corrected chi connectivity index (χ1v) is 7.30. The Bertz CT molecular complexity index is 411. The van der Waals surface area contributed by atoms with Gasteiger partial charge in [0.05, 0.1) is 5.69 Å². The molecule has 2 fully saturated rings. The van der Waals surface area contributed by atoms with Crippen LogP contribution in [0.2, 0.25) is 0 Å². The Morgan fingerprint density at radius 1 is 1.44 bits per heavy atom. The fourth-order valence-electron chi connectivity index (χ4n) is 3.88. The maximum Gasteiger partial charge on any atom is 0.0630 e. The molecule has 3 heteroatoms. The van der Waals surface area contributed by atoms with Crippen molar-refractivity contribution in [3.8, 4) is 0 Å². The van der Waals surface area contributed by atoms with E-state index in [9.17, 15) is 0 Å². The van der Waals surface area contributed by atoms with Crippen LogP contribution in [0.15, 0.2) is 12.3 Å². The minimum Gasteiger partial charge on any atom is -0.319 e. The van der Waals surface area contributed by atoms with Crippen molar-refractivity contribution in [2.45, 2.75) is 45.6 Å². The van der Waals surface area contributed by atoms with Crippen molar-refractivity contribution in [1.82, 2.24) is 15.1 Å². The van der Waals surface area contributed by atoms with E-state index in [1.807, 2.05) is 0 Å². The average Bonchev–Trinajstić information content (AvgIpc) is 2.77. The third kappa shape index (κ3) is 2.20. The Hall–Kier alpha value is -0.830. The molecule has 0 radical (unpaired) electrons. The topological polar surface area (TPSA) is 29.9 Å². The van der Waals surface area contributed by atoms with E-state index in [0.29, 0.717) is 11.5 Å². The van der Waals surface area contributed by atoms with Crippen molar-refractivity contribution >= 4 is 0 Å². The zero-order valence-electron chi connectivity index (χ0n) is 11.8. The Morgan fingerprint density at radius 2 is 2.17 bits per heavy atom. The summed E-state index contributed by atoms with van der Waals surface area (Å²) in [6, 6.07) is 2.68. The predicted molar refractivity (Wildman–Crippen MR) is 73.5 cm³/mol. The first-order valence-electron chi connectivity index (χ1n) is 7.30. The SMILES string of the molecule is CNCC1(Cc2ccn(C(C)C)n2)CC2CC2C1. The van der Waals surface area contributed by atoms with Gasteiger partial charge in [0, 0.05) is 18.8 Å². The van der Waals surface area contributed by atoms with Crippen LogP contribution in [0.25, 0.3) is 0 Å². The van der Waals surface area contributed by atoms with Crippen molar-refractivity contribution in [2.75, 3.05) is 13.6 Å². The van der Waals surface area contributed by atoms with Crippen LogP contribution < -0.4 is 5.32 Å². The zero-order chi connectivity index (χ0) is 12.8. The molecule has 0 spiro atoms. The molecule has 0 aromatic carbocycles. The number of rotatable bonds is 5. The molecule has 2 unspecified atom stereocenters. The second-order valence-electron chi connectivity index (χ2n) is 6.75. The molecule has 2 saturated carbocycles. The summed E-state index contributed by atoms with van der Waals surface area (Å²) in [7, 11) is 2.08. The fraction of sp³-hybridized carbons (Fsp3) is 0.800. The molecule has 0 amide bonds. The molecular weight excluding hydrogens is 222 g/mol. The summed E-state index contributed by atoms with van der Waals surface area (Å²) in [6.45, 7) is 5.52. The highest BCUT2D eigenvalue weighted by Gasteiger charge is 2.53. The van der Waals surface area contributed by atoms with E-state index in [4.69, 9.17) is 5.10 Å². The fourth-order valence-corrected chi connectivity index (χ4v) is 3.88. The number of hydrogen-bond acceptors (Lipinski definition) is 2. The Morgan fingerprint density at radius 3 is 2.72 bits per heavy atom. The molecule has 1 aromatic rings. The molecule has 3 nitrogen and oxygen atoms in total. The third-order valence-electron chi connectivity index (χ3n) is 4.76. The Balaban J connectivity index is 1.72. The highest BCUT2D eigenvalue weighted by atomic mass is 15.3. The largest absolute Gasteiger partial charge is 0.319 e. The van der Waals surface area contributed by atoms with Crippen LogP contribution in [-0.4, -0.2) is 23.4 Å². The van der Waals surface area contributed by atoms with Crippen molar-refractivity contribution in [3.63, 3.8) is 0 Å². The normalized spacial score (nSPS) is 34.0. The summed E-state index contributed by atoms with van der Waals surface area (Å²) in [5, 5.41) is 8.14. The first-order chi connectivity index (χ1) is 8.62. The average molecular weight is 247 g/mol. The van der Waals surface area contributed by atoms with E-state index < -0.39 is 0 Å². The molecule has 2 aliphatic carbocycles. The molecule has 1 N–H and O–H groups in total. The predicted octanol–water partition coefficient (Wildman–Crippen LogP) is 2.64.